The molecule has 0 fully saturated rings. The fraction of sp³-hybridized carbons (Fsp3) is 0.294. The Balaban J connectivity index is 2.27. The van der Waals surface area contributed by atoms with Crippen molar-refractivity contribution in [3.63, 3.8) is 0 Å². The van der Waals surface area contributed by atoms with E-state index < -0.39 is 10.0 Å². The summed E-state index contributed by atoms with van der Waals surface area (Å²) in [6.45, 7) is 3.96. The molecule has 0 heterocycles. The Labute approximate surface area is 137 Å². The molecule has 0 atom stereocenters. The van der Waals surface area contributed by atoms with E-state index in [1.807, 2.05) is 32.0 Å². The number of hydrogen-bond donors (Lipinski definition) is 1. The van der Waals surface area contributed by atoms with Crippen molar-refractivity contribution in [3.05, 3.63) is 53.1 Å². The number of methoxy groups -OCH3 is 2. The third-order valence-electron chi connectivity index (χ3n) is 3.67. The molecule has 0 saturated heterocycles. The van der Waals surface area contributed by atoms with Crippen LogP contribution in [0.25, 0.3) is 0 Å². The maximum atomic E-state index is 12.6. The van der Waals surface area contributed by atoms with E-state index in [2.05, 4.69) is 4.72 Å². The Morgan fingerprint density at radius 1 is 1.00 bits per heavy atom. The second-order valence-electron chi connectivity index (χ2n) is 5.26. The Hall–Kier alpha value is -2.05. The van der Waals surface area contributed by atoms with Crippen molar-refractivity contribution in [3.8, 4) is 11.5 Å². The minimum absolute atomic E-state index is 0.144. The summed E-state index contributed by atoms with van der Waals surface area (Å²) >= 11 is 0. The summed E-state index contributed by atoms with van der Waals surface area (Å²) in [5, 5.41) is 0. The minimum Gasteiger partial charge on any atom is -0.497 e. The second-order valence-corrected chi connectivity index (χ2v) is 7.00. The highest BCUT2D eigenvalue weighted by Gasteiger charge is 2.20. The molecular weight excluding hydrogens is 314 g/mol. The van der Waals surface area contributed by atoms with Gasteiger partial charge in [0.25, 0.3) is 0 Å². The Morgan fingerprint density at radius 3 is 2.35 bits per heavy atom. The summed E-state index contributed by atoms with van der Waals surface area (Å²) in [6, 6.07) is 10.6. The molecule has 0 aliphatic heterocycles. The molecule has 1 N–H and O–H groups in total. The molecule has 0 aliphatic rings. The first-order valence-electron chi connectivity index (χ1n) is 7.15. The highest BCUT2D eigenvalue weighted by Crippen LogP contribution is 2.27. The van der Waals surface area contributed by atoms with E-state index in [0.29, 0.717) is 11.5 Å². The Kier molecular flexibility index (Phi) is 5.28. The minimum atomic E-state index is -3.68. The van der Waals surface area contributed by atoms with E-state index in [1.54, 1.807) is 25.3 Å². The van der Waals surface area contributed by atoms with Crippen LogP contribution >= 0.6 is 0 Å². The topological polar surface area (TPSA) is 64.6 Å². The molecule has 2 aromatic rings. The molecule has 0 bridgehead atoms. The molecule has 0 saturated carbocycles. The van der Waals surface area contributed by atoms with Gasteiger partial charge in [-0.2, -0.15) is 0 Å². The van der Waals surface area contributed by atoms with Crippen molar-refractivity contribution in [1.29, 1.82) is 0 Å². The fourth-order valence-electron chi connectivity index (χ4n) is 2.17. The van der Waals surface area contributed by atoms with Crippen LogP contribution in [0, 0.1) is 13.8 Å². The maximum Gasteiger partial charge on any atom is 0.244 e. The second kappa shape index (κ2) is 7.02. The van der Waals surface area contributed by atoms with Crippen LogP contribution in [0.15, 0.2) is 41.3 Å². The normalized spacial score (nSPS) is 11.3. The SMILES string of the molecule is COc1cccc(CNS(=O)(=O)c2cc(C)c(C)cc2OC)c1. The molecule has 124 valence electrons. The van der Waals surface area contributed by atoms with Gasteiger partial charge in [-0.3, -0.25) is 0 Å². The molecule has 6 heteroatoms. The zero-order chi connectivity index (χ0) is 17.0. The van der Waals surface area contributed by atoms with Crippen molar-refractivity contribution in [2.45, 2.75) is 25.3 Å². The van der Waals surface area contributed by atoms with Crippen LogP contribution in [-0.2, 0) is 16.6 Å². The van der Waals surface area contributed by atoms with Gasteiger partial charge in [0.15, 0.2) is 0 Å². The van der Waals surface area contributed by atoms with Gasteiger partial charge in [-0.25, -0.2) is 13.1 Å². The molecule has 0 radical (unpaired) electrons. The van der Waals surface area contributed by atoms with Gasteiger partial charge in [-0.15, -0.1) is 0 Å². The highest BCUT2D eigenvalue weighted by atomic mass is 32.2. The molecule has 0 spiro atoms. The van der Waals surface area contributed by atoms with Gasteiger partial charge in [-0.1, -0.05) is 12.1 Å². The summed E-state index contributed by atoms with van der Waals surface area (Å²) in [7, 11) is -0.640. The summed E-state index contributed by atoms with van der Waals surface area (Å²) < 4.78 is 38.1. The van der Waals surface area contributed by atoms with E-state index >= 15 is 0 Å². The summed E-state index contributed by atoms with van der Waals surface area (Å²) in [4.78, 5) is 0.144. The molecule has 0 aromatic heterocycles. The number of sulfonamides is 1. The van der Waals surface area contributed by atoms with Crippen molar-refractivity contribution in [2.75, 3.05) is 14.2 Å². The lowest BCUT2D eigenvalue weighted by Crippen LogP contribution is -2.24. The zero-order valence-corrected chi connectivity index (χ0v) is 14.5. The highest BCUT2D eigenvalue weighted by molar-refractivity contribution is 7.89. The molecule has 0 amide bonds. The number of nitrogens with one attached hydrogen (secondary N) is 1. The molecule has 0 unspecified atom stereocenters. The van der Waals surface area contributed by atoms with Crippen LogP contribution in [-0.4, -0.2) is 22.6 Å². The predicted octanol–water partition coefficient (Wildman–Crippen LogP) is 2.80. The monoisotopic (exact) mass is 335 g/mol. The van der Waals surface area contributed by atoms with E-state index in [-0.39, 0.29) is 11.4 Å². The van der Waals surface area contributed by atoms with Gasteiger partial charge in [-0.05, 0) is 54.8 Å². The Bertz CT molecular complexity index is 800. The van der Waals surface area contributed by atoms with Gasteiger partial charge in [0, 0.05) is 6.54 Å². The van der Waals surface area contributed by atoms with Crippen molar-refractivity contribution in [1.82, 2.24) is 4.72 Å². The van der Waals surface area contributed by atoms with Crippen LogP contribution in [0.2, 0.25) is 0 Å². The summed E-state index contributed by atoms with van der Waals surface area (Å²) in [5.74, 6) is 1.02. The lowest BCUT2D eigenvalue weighted by atomic mass is 10.1. The van der Waals surface area contributed by atoms with Crippen LogP contribution in [0.3, 0.4) is 0 Å². The van der Waals surface area contributed by atoms with E-state index in [4.69, 9.17) is 9.47 Å². The van der Waals surface area contributed by atoms with Gasteiger partial charge >= 0.3 is 0 Å². The van der Waals surface area contributed by atoms with Crippen molar-refractivity contribution >= 4 is 10.0 Å². The summed E-state index contributed by atoms with van der Waals surface area (Å²) in [5.41, 5.74) is 2.69. The smallest absolute Gasteiger partial charge is 0.244 e. The van der Waals surface area contributed by atoms with Crippen molar-refractivity contribution in [2.24, 2.45) is 0 Å². The van der Waals surface area contributed by atoms with Gasteiger partial charge < -0.3 is 9.47 Å². The standard InChI is InChI=1S/C17H21NO4S/c1-12-8-16(22-4)17(9-13(12)2)23(19,20)18-11-14-6-5-7-15(10-14)21-3/h5-10,18H,11H2,1-4H3. The van der Waals surface area contributed by atoms with Crippen LogP contribution in [0.5, 0.6) is 11.5 Å². The molecule has 2 aromatic carbocycles. The average molecular weight is 335 g/mol. The predicted molar refractivity (Wildman–Crippen MR) is 89.5 cm³/mol. The van der Waals surface area contributed by atoms with E-state index in [9.17, 15) is 8.42 Å². The Morgan fingerprint density at radius 2 is 1.70 bits per heavy atom. The number of ether oxygens (including phenoxy) is 2. The zero-order valence-electron chi connectivity index (χ0n) is 13.7. The number of hydrogen-bond acceptors (Lipinski definition) is 4. The third-order valence-corrected chi connectivity index (χ3v) is 5.09. The largest absolute Gasteiger partial charge is 0.497 e. The molecule has 2 rings (SSSR count). The van der Waals surface area contributed by atoms with Crippen molar-refractivity contribution < 1.29 is 17.9 Å². The fourth-order valence-corrected chi connectivity index (χ4v) is 3.42. The molecule has 5 nitrogen and oxygen atoms in total. The lowest BCUT2D eigenvalue weighted by molar-refractivity contribution is 0.401. The molecule has 23 heavy (non-hydrogen) atoms. The number of benzene rings is 2. The first-order chi connectivity index (χ1) is 10.9. The number of aryl methyl sites for hydroxylation is 2. The summed E-state index contributed by atoms with van der Waals surface area (Å²) in [6.07, 6.45) is 0. The number of rotatable bonds is 6. The van der Waals surface area contributed by atoms with E-state index in [1.165, 1.54) is 7.11 Å². The van der Waals surface area contributed by atoms with Crippen LogP contribution in [0.4, 0.5) is 0 Å². The van der Waals surface area contributed by atoms with Crippen LogP contribution in [0.1, 0.15) is 16.7 Å². The quantitative estimate of drug-likeness (QED) is 0.882. The first kappa shape index (κ1) is 17.3. The van der Waals surface area contributed by atoms with Gasteiger partial charge in [0.2, 0.25) is 10.0 Å². The molecule has 0 aliphatic carbocycles. The third kappa shape index (κ3) is 4.03. The average Bonchev–Trinajstić information content (AvgIpc) is 2.55. The lowest BCUT2D eigenvalue weighted by Gasteiger charge is -2.13. The molecular formula is C17H21NO4S. The van der Waals surface area contributed by atoms with Gasteiger partial charge in [0.1, 0.15) is 16.4 Å². The van der Waals surface area contributed by atoms with Crippen LogP contribution < -0.4 is 14.2 Å². The van der Waals surface area contributed by atoms with Gasteiger partial charge in [0.05, 0.1) is 14.2 Å². The van der Waals surface area contributed by atoms with E-state index in [0.717, 1.165) is 16.7 Å². The maximum absolute atomic E-state index is 12.6. The first-order valence-corrected chi connectivity index (χ1v) is 8.63.